The van der Waals surface area contributed by atoms with Gasteiger partial charge in [0.2, 0.25) is 5.91 Å². The van der Waals surface area contributed by atoms with Crippen molar-refractivity contribution in [1.29, 1.82) is 0 Å². The van der Waals surface area contributed by atoms with Crippen molar-refractivity contribution < 1.29 is 9.53 Å². The molecule has 0 saturated heterocycles. The van der Waals surface area contributed by atoms with Gasteiger partial charge in [-0.2, -0.15) is 0 Å². The summed E-state index contributed by atoms with van der Waals surface area (Å²) in [6.45, 7) is 3.90. The van der Waals surface area contributed by atoms with E-state index in [1.54, 1.807) is 7.11 Å². The first kappa shape index (κ1) is 16.4. The fraction of sp³-hybridized carbons (Fsp3) is 0.375. The van der Waals surface area contributed by atoms with Gasteiger partial charge in [-0.05, 0) is 38.1 Å². The Morgan fingerprint density at radius 3 is 2.64 bits per heavy atom. The van der Waals surface area contributed by atoms with Crippen LogP contribution < -0.4 is 10.1 Å². The lowest BCUT2D eigenvalue weighted by Gasteiger charge is -2.09. The number of methoxy groups -OCH3 is 1. The molecule has 0 fully saturated rings. The second-order valence-electron chi connectivity index (χ2n) is 5.22. The maximum atomic E-state index is 11.7. The fourth-order valence-corrected chi connectivity index (χ4v) is 2.81. The number of carbonyl (C=O) groups is 1. The predicted octanol–water partition coefficient (Wildman–Crippen LogP) is 2.71. The van der Waals surface area contributed by atoms with Crippen LogP contribution in [0.15, 0.2) is 35.6 Å². The van der Waals surface area contributed by atoms with Gasteiger partial charge in [-0.25, -0.2) is 4.98 Å². The lowest BCUT2D eigenvalue weighted by Crippen LogP contribution is -2.31. The van der Waals surface area contributed by atoms with E-state index in [0.29, 0.717) is 5.75 Å². The van der Waals surface area contributed by atoms with E-state index in [1.165, 1.54) is 11.8 Å². The first-order valence-corrected chi connectivity index (χ1v) is 8.08. The Hall–Kier alpha value is -1.95. The molecule has 0 bridgehead atoms. The number of carbonyl (C=O) groups excluding carboxylic acids is 1. The Balaban J connectivity index is 2.07. The van der Waals surface area contributed by atoms with Crippen molar-refractivity contribution in [1.82, 2.24) is 14.9 Å². The maximum absolute atomic E-state index is 11.7. The number of rotatable bonds is 6. The molecule has 1 heterocycles. The van der Waals surface area contributed by atoms with E-state index in [1.807, 2.05) is 55.9 Å². The standard InChI is InChI=1S/C16H21N3O2S/c1-11(2)18-15(20)10-22-16-17-9-14(19(16)3)12-5-7-13(21-4)8-6-12/h5-9,11H,10H2,1-4H3,(H,18,20). The van der Waals surface area contributed by atoms with Crippen LogP contribution in [0, 0.1) is 0 Å². The third-order valence-electron chi connectivity index (χ3n) is 3.11. The van der Waals surface area contributed by atoms with Crippen LogP contribution >= 0.6 is 11.8 Å². The molecule has 0 radical (unpaired) electrons. The number of benzene rings is 1. The van der Waals surface area contributed by atoms with E-state index in [2.05, 4.69) is 10.3 Å². The SMILES string of the molecule is COc1ccc(-c2cnc(SCC(=O)NC(C)C)n2C)cc1. The highest BCUT2D eigenvalue weighted by atomic mass is 32.2. The number of thioether (sulfide) groups is 1. The molecule has 1 aromatic carbocycles. The van der Waals surface area contributed by atoms with Crippen LogP contribution in [0.3, 0.4) is 0 Å². The summed E-state index contributed by atoms with van der Waals surface area (Å²) in [5.74, 6) is 1.21. The Labute approximate surface area is 135 Å². The van der Waals surface area contributed by atoms with Gasteiger partial charge in [-0.15, -0.1) is 0 Å². The molecule has 1 N–H and O–H groups in total. The normalized spacial score (nSPS) is 10.8. The third-order valence-corrected chi connectivity index (χ3v) is 4.16. The Kier molecular flexibility index (Phi) is 5.49. The average Bonchev–Trinajstić information content (AvgIpc) is 2.85. The van der Waals surface area contributed by atoms with Gasteiger partial charge in [-0.3, -0.25) is 4.79 Å². The lowest BCUT2D eigenvalue weighted by molar-refractivity contribution is -0.119. The van der Waals surface area contributed by atoms with Crippen LogP contribution in [0.4, 0.5) is 0 Å². The molecular formula is C16H21N3O2S. The zero-order valence-electron chi connectivity index (χ0n) is 13.3. The van der Waals surface area contributed by atoms with E-state index in [4.69, 9.17) is 4.74 Å². The highest BCUT2D eigenvalue weighted by Gasteiger charge is 2.11. The molecule has 2 rings (SSSR count). The zero-order chi connectivity index (χ0) is 16.1. The summed E-state index contributed by atoms with van der Waals surface area (Å²) in [6.07, 6.45) is 1.82. The zero-order valence-corrected chi connectivity index (χ0v) is 14.1. The topological polar surface area (TPSA) is 56.1 Å². The molecule has 1 aromatic heterocycles. The summed E-state index contributed by atoms with van der Waals surface area (Å²) in [7, 11) is 3.60. The largest absolute Gasteiger partial charge is 0.497 e. The van der Waals surface area contributed by atoms with Crippen molar-refractivity contribution >= 4 is 17.7 Å². The summed E-state index contributed by atoms with van der Waals surface area (Å²) < 4.78 is 7.16. The minimum absolute atomic E-state index is 0.0222. The number of aromatic nitrogens is 2. The molecule has 0 aliphatic heterocycles. The average molecular weight is 319 g/mol. The van der Waals surface area contributed by atoms with Crippen molar-refractivity contribution in [2.75, 3.05) is 12.9 Å². The minimum atomic E-state index is 0.0222. The van der Waals surface area contributed by atoms with Gasteiger partial charge in [-0.1, -0.05) is 11.8 Å². The molecule has 0 atom stereocenters. The quantitative estimate of drug-likeness (QED) is 0.832. The van der Waals surface area contributed by atoms with Crippen LogP contribution in [0.25, 0.3) is 11.3 Å². The van der Waals surface area contributed by atoms with Gasteiger partial charge in [0.25, 0.3) is 0 Å². The minimum Gasteiger partial charge on any atom is -0.497 e. The first-order chi connectivity index (χ1) is 10.5. The van der Waals surface area contributed by atoms with Gasteiger partial charge < -0.3 is 14.6 Å². The number of ether oxygens (including phenoxy) is 1. The fourth-order valence-electron chi connectivity index (χ4n) is 2.05. The molecule has 22 heavy (non-hydrogen) atoms. The molecule has 0 aliphatic rings. The number of nitrogens with one attached hydrogen (secondary N) is 1. The number of nitrogens with zero attached hydrogens (tertiary/aromatic N) is 2. The molecule has 0 unspecified atom stereocenters. The molecule has 1 amide bonds. The Morgan fingerprint density at radius 1 is 1.36 bits per heavy atom. The van der Waals surface area contributed by atoms with E-state index < -0.39 is 0 Å². The Bertz CT molecular complexity index is 635. The summed E-state index contributed by atoms with van der Waals surface area (Å²) in [6, 6.07) is 7.99. The molecule has 0 saturated carbocycles. The summed E-state index contributed by atoms with van der Waals surface area (Å²) in [5, 5.41) is 3.70. The number of amides is 1. The van der Waals surface area contributed by atoms with Crippen molar-refractivity contribution in [3.05, 3.63) is 30.5 Å². The summed E-state index contributed by atoms with van der Waals surface area (Å²) in [5.41, 5.74) is 2.07. The number of hydrogen-bond acceptors (Lipinski definition) is 4. The summed E-state index contributed by atoms with van der Waals surface area (Å²) in [4.78, 5) is 16.1. The van der Waals surface area contributed by atoms with Crippen LogP contribution in [-0.4, -0.2) is 34.4 Å². The molecule has 0 spiro atoms. The molecule has 118 valence electrons. The predicted molar refractivity (Wildman–Crippen MR) is 89.2 cm³/mol. The van der Waals surface area contributed by atoms with Crippen molar-refractivity contribution in [2.24, 2.45) is 7.05 Å². The Morgan fingerprint density at radius 2 is 2.05 bits per heavy atom. The van der Waals surface area contributed by atoms with Gasteiger partial charge in [0, 0.05) is 18.7 Å². The van der Waals surface area contributed by atoms with E-state index >= 15 is 0 Å². The number of hydrogen-bond donors (Lipinski definition) is 1. The molecule has 2 aromatic rings. The third kappa shape index (κ3) is 4.04. The van der Waals surface area contributed by atoms with Crippen molar-refractivity contribution in [3.63, 3.8) is 0 Å². The van der Waals surface area contributed by atoms with E-state index in [0.717, 1.165) is 22.2 Å². The van der Waals surface area contributed by atoms with Crippen LogP contribution in [-0.2, 0) is 11.8 Å². The smallest absolute Gasteiger partial charge is 0.230 e. The maximum Gasteiger partial charge on any atom is 0.230 e. The first-order valence-electron chi connectivity index (χ1n) is 7.09. The molecule has 0 aliphatic carbocycles. The van der Waals surface area contributed by atoms with Gasteiger partial charge in [0.05, 0.1) is 24.8 Å². The lowest BCUT2D eigenvalue weighted by atomic mass is 10.1. The van der Waals surface area contributed by atoms with Crippen LogP contribution in [0.1, 0.15) is 13.8 Å². The monoisotopic (exact) mass is 319 g/mol. The second kappa shape index (κ2) is 7.35. The van der Waals surface area contributed by atoms with Gasteiger partial charge >= 0.3 is 0 Å². The molecule has 6 heteroatoms. The number of imidazole rings is 1. The van der Waals surface area contributed by atoms with Gasteiger partial charge in [0.15, 0.2) is 5.16 Å². The van der Waals surface area contributed by atoms with Crippen LogP contribution in [0.5, 0.6) is 5.75 Å². The highest BCUT2D eigenvalue weighted by Crippen LogP contribution is 2.26. The van der Waals surface area contributed by atoms with E-state index in [-0.39, 0.29) is 11.9 Å². The molecule has 5 nitrogen and oxygen atoms in total. The second-order valence-corrected chi connectivity index (χ2v) is 6.17. The molecular weight excluding hydrogens is 298 g/mol. The summed E-state index contributed by atoms with van der Waals surface area (Å²) >= 11 is 1.44. The van der Waals surface area contributed by atoms with Crippen molar-refractivity contribution in [3.8, 4) is 17.0 Å². The van der Waals surface area contributed by atoms with E-state index in [9.17, 15) is 4.79 Å². The van der Waals surface area contributed by atoms with Crippen molar-refractivity contribution in [2.45, 2.75) is 25.0 Å². The van der Waals surface area contributed by atoms with Gasteiger partial charge in [0.1, 0.15) is 5.75 Å². The highest BCUT2D eigenvalue weighted by molar-refractivity contribution is 7.99. The van der Waals surface area contributed by atoms with Crippen LogP contribution in [0.2, 0.25) is 0 Å².